The van der Waals surface area contributed by atoms with Crippen LogP contribution >= 0.6 is 0 Å². The van der Waals surface area contributed by atoms with Crippen molar-refractivity contribution in [2.45, 2.75) is 65.5 Å². The Balaban J connectivity index is 2.69. The van der Waals surface area contributed by atoms with Crippen molar-refractivity contribution >= 4 is 6.09 Å². The van der Waals surface area contributed by atoms with E-state index in [9.17, 15) is 4.79 Å². The largest absolute Gasteiger partial charge is 0.444 e. The highest BCUT2D eigenvalue weighted by Gasteiger charge is 2.35. The first-order valence-corrected chi connectivity index (χ1v) is 7.35. The molecule has 0 aromatic carbocycles. The molecule has 2 atom stereocenters. The van der Waals surface area contributed by atoms with Gasteiger partial charge in [-0.1, -0.05) is 13.8 Å². The monoisotopic (exact) mass is 271 g/mol. The number of carbonyl (C=O) groups excluding carboxylic acids is 1. The number of hydrogen-bond donors (Lipinski definition) is 1. The molecule has 112 valence electrons. The molecule has 1 fully saturated rings. The molecular formula is C15H29NO3. The zero-order valence-electron chi connectivity index (χ0n) is 13.0. The van der Waals surface area contributed by atoms with E-state index in [1.807, 2.05) is 25.7 Å². The molecular weight excluding hydrogens is 242 g/mol. The summed E-state index contributed by atoms with van der Waals surface area (Å²) in [6, 6.07) is 0.222. The predicted molar refractivity (Wildman–Crippen MR) is 76.0 cm³/mol. The van der Waals surface area contributed by atoms with E-state index in [4.69, 9.17) is 9.84 Å². The van der Waals surface area contributed by atoms with Gasteiger partial charge in [-0.3, -0.25) is 0 Å². The molecule has 0 saturated carbocycles. The first kappa shape index (κ1) is 16.3. The highest BCUT2D eigenvalue weighted by atomic mass is 16.6. The topological polar surface area (TPSA) is 49.8 Å². The number of nitrogens with zero attached hydrogens (tertiary/aromatic N) is 1. The second kappa shape index (κ2) is 6.60. The summed E-state index contributed by atoms with van der Waals surface area (Å²) in [6.45, 7) is 11.0. The molecule has 1 aliphatic heterocycles. The second-order valence-corrected chi connectivity index (χ2v) is 6.89. The number of aliphatic hydroxyl groups excluding tert-OH is 1. The van der Waals surface area contributed by atoms with Crippen molar-refractivity contribution in [2.75, 3.05) is 13.2 Å². The van der Waals surface area contributed by atoms with Gasteiger partial charge in [0.25, 0.3) is 0 Å². The molecule has 0 bridgehead atoms. The predicted octanol–water partition coefficient (Wildman–Crippen LogP) is 3.04. The molecule has 0 spiro atoms. The van der Waals surface area contributed by atoms with E-state index < -0.39 is 5.60 Å². The van der Waals surface area contributed by atoms with E-state index in [1.165, 1.54) is 0 Å². The summed E-state index contributed by atoms with van der Waals surface area (Å²) in [6.07, 6.45) is 2.57. The van der Waals surface area contributed by atoms with Gasteiger partial charge in [-0.25, -0.2) is 4.79 Å². The van der Waals surface area contributed by atoms with Crippen molar-refractivity contribution in [3.63, 3.8) is 0 Å². The number of rotatable bonds is 3. The van der Waals surface area contributed by atoms with Crippen LogP contribution in [0, 0.1) is 11.8 Å². The Bertz CT molecular complexity index is 296. The quantitative estimate of drug-likeness (QED) is 0.858. The van der Waals surface area contributed by atoms with Crippen molar-refractivity contribution < 1.29 is 14.6 Å². The van der Waals surface area contributed by atoms with Gasteiger partial charge in [-0.05, 0) is 51.9 Å². The Kier molecular flexibility index (Phi) is 5.65. The van der Waals surface area contributed by atoms with Crippen LogP contribution in [0.4, 0.5) is 4.79 Å². The van der Waals surface area contributed by atoms with Gasteiger partial charge in [-0.15, -0.1) is 0 Å². The SMILES string of the molecule is CC(C)C1CC(CCO)CCN1C(=O)OC(C)(C)C. The number of ether oxygens (including phenoxy) is 1. The van der Waals surface area contributed by atoms with Crippen LogP contribution in [0.2, 0.25) is 0 Å². The van der Waals surface area contributed by atoms with Crippen LogP contribution in [0.15, 0.2) is 0 Å². The van der Waals surface area contributed by atoms with Crippen molar-refractivity contribution in [3.8, 4) is 0 Å². The Morgan fingerprint density at radius 2 is 2.05 bits per heavy atom. The molecule has 1 heterocycles. The van der Waals surface area contributed by atoms with Crippen LogP contribution in [0.3, 0.4) is 0 Å². The van der Waals surface area contributed by atoms with E-state index in [1.54, 1.807) is 0 Å². The van der Waals surface area contributed by atoms with Gasteiger partial charge in [0.1, 0.15) is 5.60 Å². The van der Waals surface area contributed by atoms with Gasteiger partial charge in [0.05, 0.1) is 0 Å². The first-order valence-electron chi connectivity index (χ1n) is 7.35. The van der Waals surface area contributed by atoms with Crippen LogP contribution in [-0.2, 0) is 4.74 Å². The van der Waals surface area contributed by atoms with E-state index in [-0.39, 0.29) is 18.7 Å². The molecule has 1 aliphatic rings. The lowest BCUT2D eigenvalue weighted by Gasteiger charge is -2.42. The molecule has 1 rings (SSSR count). The summed E-state index contributed by atoms with van der Waals surface area (Å²) in [5.74, 6) is 0.935. The number of aliphatic hydroxyl groups is 1. The van der Waals surface area contributed by atoms with Gasteiger partial charge >= 0.3 is 6.09 Å². The Labute approximate surface area is 117 Å². The van der Waals surface area contributed by atoms with Gasteiger partial charge in [-0.2, -0.15) is 0 Å². The Morgan fingerprint density at radius 3 is 2.53 bits per heavy atom. The summed E-state index contributed by atoms with van der Waals surface area (Å²) in [7, 11) is 0. The van der Waals surface area contributed by atoms with E-state index >= 15 is 0 Å². The molecule has 1 amide bonds. The fourth-order valence-corrected chi connectivity index (χ4v) is 2.70. The average molecular weight is 271 g/mol. The van der Waals surface area contributed by atoms with Crippen LogP contribution in [-0.4, -0.2) is 40.9 Å². The third kappa shape index (κ3) is 5.01. The van der Waals surface area contributed by atoms with Crippen molar-refractivity contribution in [1.29, 1.82) is 0 Å². The van der Waals surface area contributed by atoms with Gasteiger partial charge in [0.15, 0.2) is 0 Å². The van der Waals surface area contributed by atoms with E-state index in [0.717, 1.165) is 25.8 Å². The number of piperidine rings is 1. The molecule has 2 unspecified atom stereocenters. The highest BCUT2D eigenvalue weighted by molar-refractivity contribution is 5.68. The summed E-state index contributed by atoms with van der Waals surface area (Å²) in [4.78, 5) is 14.1. The maximum Gasteiger partial charge on any atom is 0.410 e. The summed E-state index contributed by atoms with van der Waals surface area (Å²) >= 11 is 0. The average Bonchev–Trinajstić information content (AvgIpc) is 2.26. The number of carbonyl (C=O) groups is 1. The van der Waals surface area contributed by atoms with E-state index in [0.29, 0.717) is 11.8 Å². The molecule has 0 aromatic rings. The first-order chi connectivity index (χ1) is 8.74. The van der Waals surface area contributed by atoms with E-state index in [2.05, 4.69) is 13.8 Å². The number of likely N-dealkylation sites (tertiary alicyclic amines) is 1. The standard InChI is InChI=1S/C15H29NO3/c1-11(2)13-10-12(7-9-17)6-8-16(13)14(18)19-15(3,4)5/h11-13,17H,6-10H2,1-5H3. The second-order valence-electron chi connectivity index (χ2n) is 6.89. The van der Waals surface area contributed by atoms with Crippen molar-refractivity contribution in [2.24, 2.45) is 11.8 Å². The molecule has 4 heteroatoms. The summed E-state index contributed by atoms with van der Waals surface area (Å²) < 4.78 is 5.49. The van der Waals surface area contributed by atoms with Crippen molar-refractivity contribution in [1.82, 2.24) is 4.90 Å². The molecule has 19 heavy (non-hydrogen) atoms. The summed E-state index contributed by atoms with van der Waals surface area (Å²) in [5, 5.41) is 9.07. The molecule has 4 nitrogen and oxygen atoms in total. The number of amides is 1. The lowest BCUT2D eigenvalue weighted by Crippen LogP contribution is -2.50. The molecule has 0 aliphatic carbocycles. The Morgan fingerprint density at radius 1 is 1.42 bits per heavy atom. The normalized spacial score (nSPS) is 24.7. The minimum Gasteiger partial charge on any atom is -0.444 e. The van der Waals surface area contributed by atoms with Gasteiger partial charge in [0.2, 0.25) is 0 Å². The lowest BCUT2D eigenvalue weighted by atomic mass is 9.84. The van der Waals surface area contributed by atoms with Crippen molar-refractivity contribution in [3.05, 3.63) is 0 Å². The number of hydrogen-bond acceptors (Lipinski definition) is 3. The van der Waals surface area contributed by atoms with Crippen LogP contribution in [0.25, 0.3) is 0 Å². The van der Waals surface area contributed by atoms with Crippen LogP contribution in [0.1, 0.15) is 53.9 Å². The van der Waals surface area contributed by atoms with Gasteiger partial charge in [0, 0.05) is 19.2 Å². The summed E-state index contributed by atoms with van der Waals surface area (Å²) in [5.41, 5.74) is -0.444. The third-order valence-electron chi connectivity index (χ3n) is 3.69. The third-order valence-corrected chi connectivity index (χ3v) is 3.69. The zero-order valence-corrected chi connectivity index (χ0v) is 13.0. The lowest BCUT2D eigenvalue weighted by molar-refractivity contribution is -0.00397. The minimum atomic E-state index is -0.444. The van der Waals surface area contributed by atoms with Gasteiger partial charge < -0.3 is 14.7 Å². The fraction of sp³-hybridized carbons (Fsp3) is 0.933. The molecule has 0 aromatic heterocycles. The smallest absolute Gasteiger partial charge is 0.410 e. The Hall–Kier alpha value is -0.770. The fourth-order valence-electron chi connectivity index (χ4n) is 2.70. The maximum absolute atomic E-state index is 12.2. The van der Waals surface area contributed by atoms with Crippen LogP contribution in [0.5, 0.6) is 0 Å². The maximum atomic E-state index is 12.2. The molecule has 0 radical (unpaired) electrons. The van der Waals surface area contributed by atoms with Crippen LogP contribution < -0.4 is 0 Å². The highest BCUT2D eigenvalue weighted by Crippen LogP contribution is 2.30. The molecule has 1 saturated heterocycles. The zero-order chi connectivity index (χ0) is 14.6. The minimum absolute atomic E-state index is 0.200. The molecule has 1 N–H and O–H groups in total.